The Labute approximate surface area is 150 Å². The van der Waals surface area contributed by atoms with Gasteiger partial charge < -0.3 is 20.5 Å². The summed E-state index contributed by atoms with van der Waals surface area (Å²) in [4.78, 5) is 24.1. The Morgan fingerprint density at radius 1 is 0.808 bits per heavy atom. The van der Waals surface area contributed by atoms with E-state index >= 15 is 0 Å². The minimum Gasteiger partial charge on any atom is -0.481 e. The molecule has 2 heterocycles. The van der Waals surface area contributed by atoms with Gasteiger partial charge in [0.25, 0.3) is 0 Å². The molecule has 6 nitrogen and oxygen atoms in total. The van der Waals surface area contributed by atoms with Crippen molar-refractivity contribution in [3.63, 3.8) is 0 Å². The lowest BCUT2D eigenvalue weighted by molar-refractivity contribution is -0.145. The minimum atomic E-state index is -1.01. The highest BCUT2D eigenvalue weighted by molar-refractivity contribution is 5.96. The molecule has 1 saturated heterocycles. The molecule has 0 spiro atoms. The van der Waals surface area contributed by atoms with Gasteiger partial charge in [0.15, 0.2) is 0 Å². The van der Waals surface area contributed by atoms with Crippen molar-refractivity contribution in [2.75, 3.05) is 10.6 Å². The number of rotatable bonds is 5. The number of carboxylic acid groups (broad SMARTS) is 1. The van der Waals surface area contributed by atoms with Gasteiger partial charge in [0.2, 0.25) is 5.91 Å². The van der Waals surface area contributed by atoms with Crippen LogP contribution in [0.15, 0.2) is 66.7 Å². The monoisotopic (exact) mass is 350 g/mol. The Morgan fingerprint density at radius 3 is 2.04 bits per heavy atom. The Hall–Kier alpha value is -3.12. The van der Waals surface area contributed by atoms with Crippen LogP contribution in [-0.4, -0.2) is 29.2 Å². The summed E-state index contributed by atoms with van der Waals surface area (Å²) >= 11 is 0. The smallest absolute Gasteiger partial charge is 0.310 e. The molecule has 1 amide bonds. The highest BCUT2D eigenvalue weighted by atomic mass is 16.5. The van der Waals surface area contributed by atoms with E-state index in [2.05, 4.69) is 10.6 Å². The number of carbonyl (C=O) groups excluding carboxylic acids is 1. The lowest BCUT2D eigenvalue weighted by atomic mass is 9.82. The number of fused-ring (bicyclic) bond motifs is 2. The van der Waals surface area contributed by atoms with Crippen LogP contribution in [0.2, 0.25) is 0 Å². The van der Waals surface area contributed by atoms with Gasteiger partial charge in [-0.25, -0.2) is 0 Å². The number of hydrogen-bond acceptors (Lipinski definition) is 4. The fourth-order valence-corrected chi connectivity index (χ4v) is 3.47. The van der Waals surface area contributed by atoms with Crippen molar-refractivity contribution in [2.24, 2.45) is 11.8 Å². The highest BCUT2D eigenvalue weighted by Gasteiger charge is 2.53. The lowest BCUT2D eigenvalue weighted by Crippen LogP contribution is -2.39. The Morgan fingerprint density at radius 2 is 1.38 bits per heavy atom. The van der Waals surface area contributed by atoms with Crippen molar-refractivity contribution in [1.29, 1.82) is 0 Å². The van der Waals surface area contributed by atoms with Crippen molar-refractivity contribution in [3.8, 4) is 0 Å². The van der Waals surface area contributed by atoms with E-state index in [1.165, 1.54) is 0 Å². The molecule has 4 atom stereocenters. The summed E-state index contributed by atoms with van der Waals surface area (Å²) < 4.78 is 5.54. The van der Waals surface area contributed by atoms with Gasteiger partial charge in [-0.3, -0.25) is 9.59 Å². The van der Waals surface area contributed by atoms with E-state index in [1.807, 2.05) is 42.5 Å². The number of benzene rings is 2. The van der Waals surface area contributed by atoms with Gasteiger partial charge in [-0.15, -0.1) is 0 Å². The maximum absolute atomic E-state index is 12.6. The minimum absolute atomic E-state index is 0.335. The number of nitrogens with one attached hydrogen (secondary N) is 2. The topological polar surface area (TPSA) is 87.7 Å². The summed E-state index contributed by atoms with van der Waals surface area (Å²) in [6, 6.07) is 17.0. The molecule has 3 N–H and O–H groups in total. The SMILES string of the molecule is O=C(O)[C@@H]1[C@H](C(=O)Nc2ccc(Nc3ccccc3)cc2)[C@@H]2C=C[C@@H]1O2. The molecule has 2 aromatic rings. The van der Waals surface area contributed by atoms with E-state index < -0.39 is 30.0 Å². The summed E-state index contributed by atoms with van der Waals surface area (Å²) in [5.41, 5.74) is 2.48. The van der Waals surface area contributed by atoms with Gasteiger partial charge in [0.1, 0.15) is 5.92 Å². The Bertz CT molecular complexity index is 848. The normalized spacial score (nSPS) is 25.8. The Kier molecular flexibility index (Phi) is 4.18. The second-order valence-electron chi connectivity index (χ2n) is 6.40. The average Bonchev–Trinajstić information content (AvgIpc) is 3.25. The van der Waals surface area contributed by atoms with Crippen LogP contribution in [0.4, 0.5) is 17.1 Å². The molecular weight excluding hydrogens is 332 g/mol. The van der Waals surface area contributed by atoms with Crippen LogP contribution in [0.25, 0.3) is 0 Å². The van der Waals surface area contributed by atoms with Crippen LogP contribution in [0.1, 0.15) is 0 Å². The molecule has 2 aromatic carbocycles. The first-order valence-electron chi connectivity index (χ1n) is 8.41. The summed E-state index contributed by atoms with van der Waals surface area (Å²) in [6.45, 7) is 0. The molecule has 0 aliphatic carbocycles. The molecule has 0 unspecified atom stereocenters. The molecule has 6 heteroatoms. The molecule has 26 heavy (non-hydrogen) atoms. The van der Waals surface area contributed by atoms with Crippen LogP contribution < -0.4 is 10.6 Å². The molecule has 1 fully saturated rings. The van der Waals surface area contributed by atoms with E-state index in [0.29, 0.717) is 5.69 Å². The fraction of sp³-hybridized carbons (Fsp3) is 0.200. The molecule has 0 aromatic heterocycles. The van der Waals surface area contributed by atoms with Crippen molar-refractivity contribution >= 4 is 28.9 Å². The predicted molar refractivity (Wildman–Crippen MR) is 97.2 cm³/mol. The van der Waals surface area contributed by atoms with Gasteiger partial charge in [-0.1, -0.05) is 30.4 Å². The predicted octanol–water partition coefficient (Wildman–Crippen LogP) is 3.02. The third kappa shape index (κ3) is 3.07. The highest BCUT2D eigenvalue weighted by Crippen LogP contribution is 2.39. The third-order valence-corrected chi connectivity index (χ3v) is 4.70. The summed E-state index contributed by atoms with van der Waals surface area (Å²) in [5, 5.41) is 15.5. The average molecular weight is 350 g/mol. The number of ether oxygens (including phenoxy) is 1. The molecular formula is C20H18N2O4. The number of carbonyl (C=O) groups is 2. The fourth-order valence-electron chi connectivity index (χ4n) is 3.47. The number of anilines is 3. The van der Waals surface area contributed by atoms with Gasteiger partial charge in [-0.2, -0.15) is 0 Å². The summed E-state index contributed by atoms with van der Waals surface area (Å²) in [7, 11) is 0. The van der Waals surface area contributed by atoms with E-state index in [1.54, 1.807) is 24.3 Å². The van der Waals surface area contributed by atoms with Crippen molar-refractivity contribution in [3.05, 3.63) is 66.7 Å². The molecule has 2 aliphatic rings. The van der Waals surface area contributed by atoms with Gasteiger partial charge >= 0.3 is 5.97 Å². The second kappa shape index (κ2) is 6.65. The molecule has 132 valence electrons. The summed E-state index contributed by atoms with van der Waals surface area (Å²) in [6.07, 6.45) is 2.49. The van der Waals surface area contributed by atoms with Crippen molar-refractivity contribution in [2.45, 2.75) is 12.2 Å². The maximum Gasteiger partial charge on any atom is 0.310 e. The number of aliphatic carboxylic acids is 1. The van der Waals surface area contributed by atoms with Crippen molar-refractivity contribution in [1.82, 2.24) is 0 Å². The van der Waals surface area contributed by atoms with E-state index in [4.69, 9.17) is 4.74 Å². The number of para-hydroxylation sites is 1. The third-order valence-electron chi connectivity index (χ3n) is 4.70. The number of hydrogen-bond donors (Lipinski definition) is 3. The standard InChI is InChI=1S/C20H18N2O4/c23-19(17-15-10-11-16(26-15)18(17)20(24)25)22-14-8-6-13(7-9-14)21-12-4-2-1-3-5-12/h1-11,15-18,21H,(H,22,23)(H,24,25)/t15-,16-,17+,18-/m0/s1. The lowest BCUT2D eigenvalue weighted by Gasteiger charge is -2.21. The molecule has 0 radical (unpaired) electrons. The molecule has 0 saturated carbocycles. The van der Waals surface area contributed by atoms with Crippen LogP contribution in [0.3, 0.4) is 0 Å². The van der Waals surface area contributed by atoms with Crippen molar-refractivity contribution < 1.29 is 19.4 Å². The molecule has 4 rings (SSSR count). The first-order valence-corrected chi connectivity index (χ1v) is 8.41. The first kappa shape index (κ1) is 16.4. The van der Waals surface area contributed by atoms with Crippen LogP contribution >= 0.6 is 0 Å². The van der Waals surface area contributed by atoms with Gasteiger partial charge in [0.05, 0.1) is 18.1 Å². The van der Waals surface area contributed by atoms with Crippen LogP contribution in [0.5, 0.6) is 0 Å². The second-order valence-corrected chi connectivity index (χ2v) is 6.40. The van der Waals surface area contributed by atoms with Crippen LogP contribution in [0, 0.1) is 11.8 Å². The van der Waals surface area contributed by atoms with Gasteiger partial charge in [-0.05, 0) is 36.4 Å². The zero-order valence-corrected chi connectivity index (χ0v) is 13.8. The zero-order valence-electron chi connectivity index (χ0n) is 13.8. The van der Waals surface area contributed by atoms with E-state index in [9.17, 15) is 14.7 Å². The van der Waals surface area contributed by atoms with Gasteiger partial charge in [0, 0.05) is 17.1 Å². The molecule has 2 bridgehead atoms. The molecule has 2 aliphatic heterocycles. The van der Waals surface area contributed by atoms with E-state index in [-0.39, 0.29) is 5.91 Å². The van der Waals surface area contributed by atoms with Crippen LogP contribution in [-0.2, 0) is 14.3 Å². The van der Waals surface area contributed by atoms with E-state index in [0.717, 1.165) is 11.4 Å². The maximum atomic E-state index is 12.6. The first-order chi connectivity index (χ1) is 12.6. The number of carboxylic acids is 1. The largest absolute Gasteiger partial charge is 0.481 e. The zero-order chi connectivity index (χ0) is 18.1. The Balaban J connectivity index is 1.43. The quantitative estimate of drug-likeness (QED) is 0.722. The number of amides is 1. The summed E-state index contributed by atoms with van der Waals surface area (Å²) in [5.74, 6) is -2.91.